The van der Waals surface area contributed by atoms with Crippen LogP contribution in [0.4, 0.5) is 17.2 Å². The number of benzene rings is 2. The fourth-order valence-corrected chi connectivity index (χ4v) is 2.72. The van der Waals surface area contributed by atoms with Gasteiger partial charge in [0.25, 0.3) is 5.91 Å². The standard InChI is InChI=1S/C22H21N3O4/c1-14(26)15-5-4-6-17(11-15)24-21-12-16(9-10-23-21)22(27)25-18-7-8-19(28-2)20(13-18)29-3/h4-13H,1-3H3,(H,23,24)(H,25,27). The summed E-state index contributed by atoms with van der Waals surface area (Å²) in [6.45, 7) is 1.51. The number of nitrogens with zero attached hydrogens (tertiary/aromatic N) is 1. The Labute approximate surface area is 168 Å². The van der Waals surface area contributed by atoms with Gasteiger partial charge in [-0.3, -0.25) is 9.59 Å². The van der Waals surface area contributed by atoms with Gasteiger partial charge in [-0.15, -0.1) is 0 Å². The van der Waals surface area contributed by atoms with Gasteiger partial charge in [0, 0.05) is 34.8 Å². The monoisotopic (exact) mass is 391 g/mol. The van der Waals surface area contributed by atoms with Crippen LogP contribution in [0.2, 0.25) is 0 Å². The first-order valence-corrected chi connectivity index (χ1v) is 8.87. The summed E-state index contributed by atoms with van der Waals surface area (Å²) in [5, 5.41) is 5.94. The number of hydrogen-bond donors (Lipinski definition) is 2. The second-order valence-electron chi connectivity index (χ2n) is 6.22. The molecule has 0 aliphatic rings. The molecule has 1 aromatic heterocycles. The quantitative estimate of drug-likeness (QED) is 0.584. The Morgan fingerprint density at radius 2 is 1.66 bits per heavy atom. The van der Waals surface area contributed by atoms with E-state index < -0.39 is 0 Å². The summed E-state index contributed by atoms with van der Waals surface area (Å²) in [5.74, 6) is 1.27. The second kappa shape index (κ2) is 8.88. The number of ether oxygens (including phenoxy) is 2. The van der Waals surface area contributed by atoms with Crippen molar-refractivity contribution in [3.8, 4) is 11.5 Å². The molecule has 1 amide bonds. The zero-order valence-corrected chi connectivity index (χ0v) is 16.4. The third kappa shape index (κ3) is 4.90. The number of nitrogens with one attached hydrogen (secondary N) is 2. The predicted octanol–water partition coefficient (Wildman–Crippen LogP) is 4.30. The molecule has 0 radical (unpaired) electrons. The van der Waals surface area contributed by atoms with Crippen LogP contribution >= 0.6 is 0 Å². The van der Waals surface area contributed by atoms with Crippen molar-refractivity contribution in [3.63, 3.8) is 0 Å². The number of methoxy groups -OCH3 is 2. The van der Waals surface area contributed by atoms with Crippen molar-refractivity contribution in [2.45, 2.75) is 6.92 Å². The molecular formula is C22H21N3O4. The van der Waals surface area contributed by atoms with Crippen molar-refractivity contribution in [2.75, 3.05) is 24.9 Å². The molecule has 3 rings (SSSR count). The van der Waals surface area contributed by atoms with Gasteiger partial charge in [0.1, 0.15) is 5.82 Å². The topological polar surface area (TPSA) is 89.5 Å². The number of carbonyl (C=O) groups is 2. The van der Waals surface area contributed by atoms with Gasteiger partial charge in [-0.05, 0) is 43.3 Å². The number of anilines is 3. The molecule has 0 atom stereocenters. The Morgan fingerprint density at radius 3 is 2.38 bits per heavy atom. The third-order valence-electron chi connectivity index (χ3n) is 4.21. The van der Waals surface area contributed by atoms with E-state index in [0.717, 1.165) is 0 Å². The number of ketones is 1. The first-order chi connectivity index (χ1) is 14.0. The van der Waals surface area contributed by atoms with E-state index in [4.69, 9.17) is 9.47 Å². The number of pyridine rings is 1. The lowest BCUT2D eigenvalue weighted by Crippen LogP contribution is -2.12. The lowest BCUT2D eigenvalue weighted by Gasteiger charge is -2.11. The zero-order chi connectivity index (χ0) is 20.8. The van der Waals surface area contributed by atoms with Gasteiger partial charge in [-0.2, -0.15) is 0 Å². The van der Waals surface area contributed by atoms with E-state index in [0.29, 0.717) is 39.8 Å². The van der Waals surface area contributed by atoms with Crippen LogP contribution in [-0.4, -0.2) is 30.9 Å². The van der Waals surface area contributed by atoms with Gasteiger partial charge < -0.3 is 20.1 Å². The average Bonchev–Trinajstić information content (AvgIpc) is 2.74. The summed E-state index contributed by atoms with van der Waals surface area (Å²) >= 11 is 0. The largest absolute Gasteiger partial charge is 0.493 e. The molecule has 148 valence electrons. The normalized spacial score (nSPS) is 10.2. The highest BCUT2D eigenvalue weighted by Gasteiger charge is 2.11. The van der Waals surface area contributed by atoms with E-state index >= 15 is 0 Å². The first kappa shape index (κ1) is 19.9. The van der Waals surface area contributed by atoms with Gasteiger partial charge >= 0.3 is 0 Å². The zero-order valence-electron chi connectivity index (χ0n) is 16.4. The van der Waals surface area contributed by atoms with Crippen molar-refractivity contribution in [1.82, 2.24) is 4.98 Å². The highest BCUT2D eigenvalue weighted by Crippen LogP contribution is 2.30. The maximum atomic E-state index is 12.6. The summed E-state index contributed by atoms with van der Waals surface area (Å²) in [6.07, 6.45) is 1.54. The van der Waals surface area contributed by atoms with Crippen molar-refractivity contribution in [2.24, 2.45) is 0 Å². The molecule has 7 nitrogen and oxygen atoms in total. The summed E-state index contributed by atoms with van der Waals surface area (Å²) in [4.78, 5) is 28.4. The van der Waals surface area contributed by atoms with Crippen LogP contribution in [-0.2, 0) is 0 Å². The molecular weight excluding hydrogens is 370 g/mol. The Morgan fingerprint density at radius 1 is 0.862 bits per heavy atom. The van der Waals surface area contributed by atoms with Crippen LogP contribution in [0.25, 0.3) is 0 Å². The molecule has 0 unspecified atom stereocenters. The molecule has 2 N–H and O–H groups in total. The first-order valence-electron chi connectivity index (χ1n) is 8.87. The van der Waals surface area contributed by atoms with Gasteiger partial charge in [-0.25, -0.2) is 4.98 Å². The highest BCUT2D eigenvalue weighted by molar-refractivity contribution is 6.04. The van der Waals surface area contributed by atoms with E-state index in [1.165, 1.54) is 14.0 Å². The van der Waals surface area contributed by atoms with Crippen LogP contribution in [0.15, 0.2) is 60.8 Å². The molecule has 3 aromatic rings. The summed E-state index contributed by atoms with van der Waals surface area (Å²) in [5.41, 5.74) is 2.31. The maximum absolute atomic E-state index is 12.6. The SMILES string of the molecule is COc1ccc(NC(=O)c2ccnc(Nc3cccc(C(C)=O)c3)c2)cc1OC. The molecule has 7 heteroatoms. The van der Waals surface area contributed by atoms with E-state index in [1.54, 1.807) is 61.8 Å². The third-order valence-corrected chi connectivity index (χ3v) is 4.21. The van der Waals surface area contributed by atoms with E-state index in [9.17, 15) is 9.59 Å². The average molecular weight is 391 g/mol. The van der Waals surface area contributed by atoms with Gasteiger partial charge in [0.05, 0.1) is 14.2 Å². The lowest BCUT2D eigenvalue weighted by molar-refractivity contribution is 0.101. The molecule has 0 spiro atoms. The van der Waals surface area contributed by atoms with E-state index in [2.05, 4.69) is 15.6 Å². The minimum absolute atomic E-state index is 0.0235. The molecule has 29 heavy (non-hydrogen) atoms. The van der Waals surface area contributed by atoms with Crippen molar-refractivity contribution >= 4 is 28.9 Å². The van der Waals surface area contributed by atoms with Gasteiger partial charge in [0.2, 0.25) is 0 Å². The summed E-state index contributed by atoms with van der Waals surface area (Å²) in [7, 11) is 3.08. The summed E-state index contributed by atoms with van der Waals surface area (Å²) < 4.78 is 10.5. The Bertz CT molecular complexity index is 1050. The van der Waals surface area contributed by atoms with Gasteiger partial charge in [0.15, 0.2) is 17.3 Å². The van der Waals surface area contributed by atoms with Crippen LogP contribution in [0.1, 0.15) is 27.6 Å². The van der Waals surface area contributed by atoms with Crippen LogP contribution in [0.5, 0.6) is 11.5 Å². The molecule has 0 fully saturated rings. The predicted molar refractivity (Wildman–Crippen MR) is 111 cm³/mol. The van der Waals surface area contributed by atoms with E-state index in [1.807, 2.05) is 6.07 Å². The molecule has 0 saturated carbocycles. The number of aromatic nitrogens is 1. The minimum Gasteiger partial charge on any atom is -0.493 e. The number of amides is 1. The maximum Gasteiger partial charge on any atom is 0.255 e. The molecule has 1 heterocycles. The summed E-state index contributed by atoms with van der Waals surface area (Å²) in [6, 6.07) is 15.5. The number of Topliss-reactive ketones (excluding diaryl/α,β-unsaturated/α-hetero) is 1. The second-order valence-corrected chi connectivity index (χ2v) is 6.22. The number of carbonyl (C=O) groups excluding carboxylic acids is 2. The highest BCUT2D eigenvalue weighted by atomic mass is 16.5. The molecule has 0 aliphatic carbocycles. The Kier molecular flexibility index (Phi) is 6.09. The fourth-order valence-electron chi connectivity index (χ4n) is 2.72. The molecule has 0 aliphatic heterocycles. The van der Waals surface area contributed by atoms with Crippen molar-refractivity contribution in [1.29, 1.82) is 0 Å². The Balaban J connectivity index is 1.76. The van der Waals surface area contributed by atoms with Crippen LogP contribution in [0.3, 0.4) is 0 Å². The number of hydrogen-bond acceptors (Lipinski definition) is 6. The van der Waals surface area contributed by atoms with Gasteiger partial charge in [-0.1, -0.05) is 12.1 Å². The van der Waals surface area contributed by atoms with Crippen LogP contribution < -0.4 is 20.1 Å². The lowest BCUT2D eigenvalue weighted by atomic mass is 10.1. The number of rotatable bonds is 7. The smallest absolute Gasteiger partial charge is 0.255 e. The van der Waals surface area contributed by atoms with E-state index in [-0.39, 0.29) is 11.7 Å². The van der Waals surface area contributed by atoms with Crippen LogP contribution in [0, 0.1) is 0 Å². The van der Waals surface area contributed by atoms with Crippen molar-refractivity contribution in [3.05, 3.63) is 71.9 Å². The minimum atomic E-state index is -0.292. The molecule has 0 saturated heterocycles. The molecule has 2 aromatic carbocycles. The Hall–Kier alpha value is -3.87. The molecule has 0 bridgehead atoms. The van der Waals surface area contributed by atoms with Crippen molar-refractivity contribution < 1.29 is 19.1 Å². The fraction of sp³-hybridized carbons (Fsp3) is 0.136.